The van der Waals surface area contributed by atoms with Gasteiger partial charge in [-0.1, -0.05) is 18.2 Å². The van der Waals surface area contributed by atoms with E-state index in [1.807, 2.05) is 38.1 Å². The second kappa shape index (κ2) is 5.55. The summed E-state index contributed by atoms with van der Waals surface area (Å²) in [5.74, 6) is 0.182. The van der Waals surface area contributed by atoms with Gasteiger partial charge in [-0.15, -0.1) is 0 Å². The number of carbonyl (C=O) groups is 1. The molecule has 0 saturated heterocycles. The predicted molar refractivity (Wildman–Crippen MR) is 97.0 cm³/mol. The molecule has 0 saturated carbocycles. The van der Waals surface area contributed by atoms with Crippen LogP contribution in [0.1, 0.15) is 41.3 Å². The van der Waals surface area contributed by atoms with E-state index >= 15 is 0 Å². The molecule has 0 amide bonds. The highest BCUT2D eigenvalue weighted by Gasteiger charge is 2.38. The molecule has 3 aromatic heterocycles. The minimum atomic E-state index is -0.598. The Morgan fingerprint density at radius 2 is 2.04 bits per heavy atom. The molecule has 0 radical (unpaired) electrons. The molecular formula is C19H16N6O2. The molecule has 0 atom stereocenters. The van der Waals surface area contributed by atoms with Gasteiger partial charge in [0, 0.05) is 17.1 Å². The fourth-order valence-corrected chi connectivity index (χ4v) is 3.38. The van der Waals surface area contributed by atoms with E-state index in [9.17, 15) is 4.79 Å². The van der Waals surface area contributed by atoms with Crippen molar-refractivity contribution in [1.82, 2.24) is 30.4 Å². The molecule has 1 aliphatic heterocycles. The molecule has 2 N–H and O–H groups in total. The topological polar surface area (TPSA) is 109 Å². The van der Waals surface area contributed by atoms with Crippen LogP contribution in [0.2, 0.25) is 0 Å². The Morgan fingerprint density at radius 1 is 1.19 bits per heavy atom. The number of hydrogen-bond donors (Lipinski definition) is 2. The number of hydrogen-bond acceptors (Lipinski definition) is 6. The van der Waals surface area contributed by atoms with Crippen molar-refractivity contribution in [3.05, 3.63) is 59.3 Å². The van der Waals surface area contributed by atoms with Crippen LogP contribution in [0.3, 0.4) is 0 Å². The average molecular weight is 360 g/mol. The maximum Gasteiger partial charge on any atom is 0.232 e. The molecule has 1 aromatic carbocycles. The highest BCUT2D eigenvalue weighted by molar-refractivity contribution is 6.14. The SMILES string of the molecule is CC1(C)OCc2c(C(=O)c3n[nH]c4ccccc34)nc(-c3cn[nH]c3)nc21. The third kappa shape index (κ3) is 2.37. The zero-order chi connectivity index (χ0) is 18.6. The van der Waals surface area contributed by atoms with Crippen molar-refractivity contribution in [2.45, 2.75) is 26.1 Å². The fourth-order valence-electron chi connectivity index (χ4n) is 3.38. The molecule has 5 rings (SSSR count). The largest absolute Gasteiger partial charge is 0.364 e. The van der Waals surface area contributed by atoms with E-state index in [-0.39, 0.29) is 12.4 Å². The van der Waals surface area contributed by atoms with Gasteiger partial charge in [-0.2, -0.15) is 10.2 Å². The number of fused-ring (bicyclic) bond motifs is 2. The zero-order valence-corrected chi connectivity index (χ0v) is 14.8. The van der Waals surface area contributed by atoms with Crippen LogP contribution < -0.4 is 0 Å². The van der Waals surface area contributed by atoms with Crippen molar-refractivity contribution in [3.63, 3.8) is 0 Å². The zero-order valence-electron chi connectivity index (χ0n) is 14.8. The molecule has 0 aliphatic carbocycles. The summed E-state index contributed by atoms with van der Waals surface area (Å²) >= 11 is 0. The molecule has 1 aliphatic rings. The first-order chi connectivity index (χ1) is 13.0. The summed E-state index contributed by atoms with van der Waals surface area (Å²) in [5.41, 5.74) is 3.01. The third-order valence-electron chi connectivity index (χ3n) is 4.81. The van der Waals surface area contributed by atoms with Crippen LogP contribution in [0.5, 0.6) is 0 Å². The number of aromatic nitrogens is 6. The Bertz CT molecular complexity index is 1180. The maximum absolute atomic E-state index is 13.4. The van der Waals surface area contributed by atoms with Crippen molar-refractivity contribution in [1.29, 1.82) is 0 Å². The maximum atomic E-state index is 13.4. The molecule has 27 heavy (non-hydrogen) atoms. The van der Waals surface area contributed by atoms with Gasteiger partial charge in [0.05, 0.1) is 29.6 Å². The summed E-state index contributed by atoms with van der Waals surface area (Å²) in [7, 11) is 0. The molecule has 4 heterocycles. The third-order valence-corrected chi connectivity index (χ3v) is 4.81. The summed E-state index contributed by atoms with van der Waals surface area (Å²) in [5, 5.41) is 14.6. The van der Waals surface area contributed by atoms with E-state index in [4.69, 9.17) is 4.74 Å². The number of ketones is 1. The van der Waals surface area contributed by atoms with Gasteiger partial charge in [0.25, 0.3) is 0 Å². The van der Waals surface area contributed by atoms with Gasteiger partial charge in [0.15, 0.2) is 5.82 Å². The Morgan fingerprint density at radius 3 is 2.85 bits per heavy atom. The Labute approximate surface area is 154 Å². The van der Waals surface area contributed by atoms with Crippen LogP contribution in [0.15, 0.2) is 36.7 Å². The monoisotopic (exact) mass is 360 g/mol. The van der Waals surface area contributed by atoms with Crippen molar-refractivity contribution < 1.29 is 9.53 Å². The van der Waals surface area contributed by atoms with E-state index < -0.39 is 5.60 Å². The average Bonchev–Trinajstić information content (AvgIpc) is 3.40. The van der Waals surface area contributed by atoms with Crippen LogP contribution in [-0.4, -0.2) is 36.1 Å². The quantitative estimate of drug-likeness (QED) is 0.544. The van der Waals surface area contributed by atoms with Crippen LogP contribution in [0.4, 0.5) is 0 Å². The molecule has 8 nitrogen and oxygen atoms in total. The minimum absolute atomic E-state index is 0.253. The molecule has 0 spiro atoms. The second-order valence-electron chi connectivity index (χ2n) is 6.96. The lowest BCUT2D eigenvalue weighted by Crippen LogP contribution is -2.19. The Kier molecular flexibility index (Phi) is 3.26. The van der Waals surface area contributed by atoms with Crippen molar-refractivity contribution in [2.75, 3.05) is 0 Å². The van der Waals surface area contributed by atoms with Gasteiger partial charge >= 0.3 is 0 Å². The molecule has 0 fully saturated rings. The van der Waals surface area contributed by atoms with Crippen LogP contribution >= 0.6 is 0 Å². The number of nitrogens with one attached hydrogen (secondary N) is 2. The number of rotatable bonds is 3. The van der Waals surface area contributed by atoms with Gasteiger partial charge in [-0.3, -0.25) is 15.0 Å². The van der Waals surface area contributed by atoms with E-state index in [1.54, 1.807) is 12.4 Å². The highest BCUT2D eigenvalue weighted by Crippen LogP contribution is 2.37. The van der Waals surface area contributed by atoms with Gasteiger partial charge < -0.3 is 4.74 Å². The number of carbonyl (C=O) groups excluding carboxylic acids is 1. The Hall–Kier alpha value is -3.39. The van der Waals surface area contributed by atoms with Crippen molar-refractivity contribution in [3.8, 4) is 11.4 Å². The lowest BCUT2D eigenvalue weighted by atomic mass is 9.98. The summed E-state index contributed by atoms with van der Waals surface area (Å²) in [6.07, 6.45) is 3.32. The standard InChI is InChI=1S/C19H16N6O2/c1-19(2)17-12(9-27-19)14(22-18(23-17)10-7-20-21-8-10)16(26)15-11-5-3-4-6-13(11)24-25-15/h3-8H,9H2,1-2H3,(H,20,21)(H,24,25). The van der Waals surface area contributed by atoms with Crippen LogP contribution in [0, 0.1) is 0 Å². The van der Waals surface area contributed by atoms with Gasteiger partial charge in [-0.05, 0) is 19.9 Å². The minimum Gasteiger partial charge on any atom is -0.364 e. The van der Waals surface area contributed by atoms with Gasteiger partial charge in [0.2, 0.25) is 5.78 Å². The lowest BCUT2D eigenvalue weighted by molar-refractivity contribution is -0.0101. The fraction of sp³-hybridized carbons (Fsp3) is 0.211. The number of ether oxygens (including phenoxy) is 1. The molecule has 134 valence electrons. The lowest BCUT2D eigenvalue weighted by Gasteiger charge is -2.17. The number of nitrogens with zero attached hydrogens (tertiary/aromatic N) is 4. The first-order valence-corrected chi connectivity index (χ1v) is 8.57. The number of para-hydroxylation sites is 1. The van der Waals surface area contributed by atoms with Crippen LogP contribution in [-0.2, 0) is 16.9 Å². The molecular weight excluding hydrogens is 344 g/mol. The highest BCUT2D eigenvalue weighted by atomic mass is 16.5. The summed E-state index contributed by atoms with van der Waals surface area (Å²) in [4.78, 5) is 22.6. The molecule has 0 unspecified atom stereocenters. The van der Waals surface area contributed by atoms with Crippen molar-refractivity contribution >= 4 is 16.7 Å². The molecule has 4 aromatic rings. The number of benzene rings is 1. The van der Waals surface area contributed by atoms with E-state index in [1.165, 1.54) is 0 Å². The van der Waals surface area contributed by atoms with Gasteiger partial charge in [-0.25, -0.2) is 9.97 Å². The Balaban J connectivity index is 1.73. The molecule has 0 bridgehead atoms. The smallest absolute Gasteiger partial charge is 0.232 e. The normalized spacial score (nSPS) is 15.2. The summed E-state index contributed by atoms with van der Waals surface area (Å²) in [6, 6.07) is 7.52. The van der Waals surface area contributed by atoms with Gasteiger partial charge in [0.1, 0.15) is 17.0 Å². The molecule has 8 heteroatoms. The van der Waals surface area contributed by atoms with E-state index in [2.05, 4.69) is 30.4 Å². The number of aromatic amines is 2. The van der Waals surface area contributed by atoms with Crippen molar-refractivity contribution in [2.24, 2.45) is 0 Å². The second-order valence-corrected chi connectivity index (χ2v) is 6.96. The first kappa shape index (κ1) is 15.8. The summed E-state index contributed by atoms with van der Waals surface area (Å²) < 4.78 is 5.87. The van der Waals surface area contributed by atoms with Crippen LogP contribution in [0.25, 0.3) is 22.3 Å². The number of H-pyrrole nitrogens is 2. The van der Waals surface area contributed by atoms with E-state index in [0.29, 0.717) is 28.3 Å². The first-order valence-electron chi connectivity index (χ1n) is 8.57. The van der Waals surface area contributed by atoms with E-state index in [0.717, 1.165) is 16.6 Å². The summed E-state index contributed by atoms with van der Waals surface area (Å²) in [6.45, 7) is 4.16. The predicted octanol–water partition coefficient (Wildman–Crippen LogP) is 2.74.